The van der Waals surface area contributed by atoms with Crippen molar-refractivity contribution in [2.75, 3.05) is 4.31 Å². The van der Waals surface area contributed by atoms with Gasteiger partial charge in [0.05, 0.1) is 28.7 Å². The van der Waals surface area contributed by atoms with Gasteiger partial charge in [0.25, 0.3) is 10.0 Å². The van der Waals surface area contributed by atoms with Crippen molar-refractivity contribution >= 4 is 44.9 Å². The smallest absolute Gasteiger partial charge is 0.427 e. The maximum Gasteiger partial charge on any atom is 0.427 e. The van der Waals surface area contributed by atoms with E-state index in [0.717, 1.165) is 23.5 Å². The van der Waals surface area contributed by atoms with E-state index in [4.69, 9.17) is 16.3 Å². The highest BCUT2D eigenvalue weighted by Gasteiger charge is 2.36. The second-order valence-corrected chi connectivity index (χ2v) is 13.5. The SMILES string of the molecule is Cn1cc(-c2cc(-c3cccnc3F)ncc2Oc2cc(F)c(S(=O)(=O)N(C(=O)O)c3csc(C(C)(C)C)n3)cc2Cl)cn1. The quantitative estimate of drug-likeness (QED) is 0.185. The molecular formula is C28H23ClF2N6O5S2. The van der Waals surface area contributed by atoms with Crippen molar-refractivity contribution in [1.29, 1.82) is 0 Å². The minimum Gasteiger partial charge on any atom is -0.464 e. The number of aryl methyl sites for hydroxylation is 1. The van der Waals surface area contributed by atoms with Crippen molar-refractivity contribution in [2.24, 2.45) is 7.05 Å². The summed E-state index contributed by atoms with van der Waals surface area (Å²) in [6, 6.07) is 6.05. The lowest BCUT2D eigenvalue weighted by molar-refractivity contribution is 0.206. The predicted octanol–water partition coefficient (Wildman–Crippen LogP) is 6.90. The maximum atomic E-state index is 15.5. The monoisotopic (exact) mass is 660 g/mol. The van der Waals surface area contributed by atoms with E-state index in [0.29, 0.717) is 16.1 Å². The van der Waals surface area contributed by atoms with Crippen LogP contribution in [0.3, 0.4) is 0 Å². The first-order valence-electron chi connectivity index (χ1n) is 12.7. The van der Waals surface area contributed by atoms with Gasteiger partial charge < -0.3 is 9.84 Å². The number of halogens is 3. The van der Waals surface area contributed by atoms with E-state index in [9.17, 15) is 22.7 Å². The van der Waals surface area contributed by atoms with Crippen LogP contribution in [0, 0.1) is 11.8 Å². The maximum absolute atomic E-state index is 15.5. The number of anilines is 1. The zero-order chi connectivity index (χ0) is 32.0. The number of hydrogen-bond donors (Lipinski definition) is 1. The van der Waals surface area contributed by atoms with E-state index in [1.165, 1.54) is 40.8 Å². The Kier molecular flexibility index (Phi) is 8.13. The highest BCUT2D eigenvalue weighted by molar-refractivity contribution is 7.93. The molecule has 0 aliphatic heterocycles. The average molecular weight is 661 g/mol. The first-order valence-corrected chi connectivity index (χ1v) is 15.4. The Labute approximate surface area is 259 Å². The Hall–Kier alpha value is -4.47. The molecule has 11 nitrogen and oxygen atoms in total. The van der Waals surface area contributed by atoms with Crippen LogP contribution in [-0.2, 0) is 22.5 Å². The van der Waals surface area contributed by atoms with E-state index < -0.39 is 44.0 Å². The van der Waals surface area contributed by atoms with Gasteiger partial charge in [0, 0.05) is 47.4 Å². The largest absolute Gasteiger partial charge is 0.464 e. The molecule has 4 heterocycles. The van der Waals surface area contributed by atoms with Crippen LogP contribution < -0.4 is 9.04 Å². The summed E-state index contributed by atoms with van der Waals surface area (Å²) in [7, 11) is -3.33. The van der Waals surface area contributed by atoms with Gasteiger partial charge in [-0.2, -0.15) is 9.49 Å². The van der Waals surface area contributed by atoms with Gasteiger partial charge in [-0.3, -0.25) is 9.67 Å². The average Bonchev–Trinajstić information content (AvgIpc) is 3.60. The molecule has 0 spiro atoms. The Morgan fingerprint density at radius 2 is 1.86 bits per heavy atom. The lowest BCUT2D eigenvalue weighted by Gasteiger charge is -2.19. The third-order valence-electron chi connectivity index (χ3n) is 6.16. The molecule has 0 atom stereocenters. The number of benzene rings is 1. The molecule has 0 radical (unpaired) electrons. The van der Waals surface area contributed by atoms with Crippen molar-refractivity contribution in [3.8, 4) is 33.9 Å². The fourth-order valence-electron chi connectivity index (χ4n) is 4.06. The number of thiazole rings is 1. The van der Waals surface area contributed by atoms with E-state index >= 15 is 4.39 Å². The lowest BCUT2D eigenvalue weighted by atomic mass is 9.98. The lowest BCUT2D eigenvalue weighted by Crippen LogP contribution is -2.36. The number of amides is 1. The topological polar surface area (TPSA) is 140 Å². The van der Waals surface area contributed by atoms with Crippen LogP contribution in [0.5, 0.6) is 11.5 Å². The zero-order valence-electron chi connectivity index (χ0n) is 23.5. The molecule has 44 heavy (non-hydrogen) atoms. The number of carboxylic acid groups (broad SMARTS) is 1. The molecule has 0 aliphatic rings. The Morgan fingerprint density at radius 1 is 1.11 bits per heavy atom. The minimum absolute atomic E-state index is 0.00522. The van der Waals surface area contributed by atoms with Gasteiger partial charge in [-0.05, 0) is 24.3 Å². The number of pyridine rings is 2. The summed E-state index contributed by atoms with van der Waals surface area (Å²) in [5.74, 6) is -2.70. The normalized spacial score (nSPS) is 11.9. The summed E-state index contributed by atoms with van der Waals surface area (Å²) >= 11 is 7.44. The molecule has 0 aliphatic carbocycles. The van der Waals surface area contributed by atoms with Gasteiger partial charge in [-0.15, -0.1) is 15.6 Å². The van der Waals surface area contributed by atoms with Gasteiger partial charge in [0.2, 0.25) is 5.95 Å². The number of carbonyl (C=O) groups is 1. The summed E-state index contributed by atoms with van der Waals surface area (Å²) < 4.78 is 64.2. The van der Waals surface area contributed by atoms with Gasteiger partial charge in [-0.25, -0.2) is 27.6 Å². The van der Waals surface area contributed by atoms with Crippen LogP contribution in [-0.4, -0.2) is 44.3 Å². The Balaban J connectivity index is 1.54. The number of aromatic nitrogens is 5. The standard InChI is InChI=1S/C28H23ClF2N6O5S2/c1-28(2,3)26-35-24(14-43-26)37(27(38)39)44(40,41)23-9-18(29)21(10-19(23)30)42-22-12-33-20(16-6-5-7-32-25(16)31)8-17(22)15-11-34-36(4)13-15/h5-14H,1-4H3,(H,38,39). The highest BCUT2D eigenvalue weighted by Crippen LogP contribution is 2.40. The van der Waals surface area contributed by atoms with Crippen molar-refractivity contribution in [2.45, 2.75) is 31.1 Å². The molecule has 0 unspecified atom stereocenters. The number of rotatable bonds is 7. The molecular weight excluding hydrogens is 638 g/mol. The second kappa shape index (κ2) is 11.6. The predicted molar refractivity (Wildman–Crippen MR) is 160 cm³/mol. The summed E-state index contributed by atoms with van der Waals surface area (Å²) in [6.07, 6.45) is 3.86. The molecule has 1 aromatic carbocycles. The minimum atomic E-state index is -5.02. The van der Waals surface area contributed by atoms with E-state index in [1.54, 1.807) is 19.3 Å². The third kappa shape index (κ3) is 5.98. The zero-order valence-corrected chi connectivity index (χ0v) is 25.9. The Bertz CT molecular complexity index is 2010. The number of nitrogens with zero attached hydrogens (tertiary/aromatic N) is 6. The van der Waals surface area contributed by atoms with Crippen molar-refractivity contribution < 1.29 is 31.8 Å². The molecule has 0 saturated heterocycles. The highest BCUT2D eigenvalue weighted by atomic mass is 35.5. The number of sulfonamides is 1. The Morgan fingerprint density at radius 3 is 2.48 bits per heavy atom. The van der Waals surface area contributed by atoms with Crippen molar-refractivity contribution in [3.63, 3.8) is 0 Å². The van der Waals surface area contributed by atoms with Crippen LogP contribution >= 0.6 is 22.9 Å². The third-order valence-corrected chi connectivity index (χ3v) is 9.40. The molecule has 228 valence electrons. The molecule has 0 bridgehead atoms. The van der Waals surface area contributed by atoms with Crippen LogP contribution in [0.25, 0.3) is 22.4 Å². The molecule has 5 aromatic rings. The van der Waals surface area contributed by atoms with Crippen molar-refractivity contribution in [1.82, 2.24) is 24.7 Å². The summed E-state index contributed by atoms with van der Waals surface area (Å²) in [5, 5.41) is 15.3. The van der Waals surface area contributed by atoms with Crippen LogP contribution in [0.15, 0.2) is 65.4 Å². The van der Waals surface area contributed by atoms with E-state index in [2.05, 4.69) is 20.1 Å². The number of ether oxygens (including phenoxy) is 1. The first kappa shape index (κ1) is 31.0. The molecule has 4 aromatic heterocycles. The van der Waals surface area contributed by atoms with Gasteiger partial charge in [0.15, 0.2) is 11.6 Å². The molecule has 0 saturated carbocycles. The summed E-state index contributed by atoms with van der Waals surface area (Å²) in [4.78, 5) is 23.2. The summed E-state index contributed by atoms with van der Waals surface area (Å²) in [6.45, 7) is 5.48. The molecule has 5 rings (SSSR count). The van der Waals surface area contributed by atoms with Gasteiger partial charge in [-0.1, -0.05) is 32.4 Å². The van der Waals surface area contributed by atoms with E-state index in [1.807, 2.05) is 20.8 Å². The van der Waals surface area contributed by atoms with Crippen LogP contribution in [0.2, 0.25) is 5.02 Å². The van der Waals surface area contributed by atoms with Crippen molar-refractivity contribution in [3.05, 3.63) is 82.3 Å². The molecule has 16 heteroatoms. The second-order valence-electron chi connectivity index (χ2n) is 10.4. The fraction of sp³-hybridized carbons (Fsp3) is 0.179. The van der Waals surface area contributed by atoms with E-state index in [-0.39, 0.29) is 32.1 Å². The van der Waals surface area contributed by atoms with Gasteiger partial charge >= 0.3 is 6.09 Å². The molecule has 1 amide bonds. The number of hydrogen-bond acceptors (Lipinski definition) is 9. The molecule has 1 N–H and O–H groups in total. The van der Waals surface area contributed by atoms with Crippen LogP contribution in [0.1, 0.15) is 25.8 Å². The van der Waals surface area contributed by atoms with Crippen LogP contribution in [0.4, 0.5) is 19.4 Å². The first-order chi connectivity index (χ1) is 20.7. The fourth-order valence-corrected chi connectivity index (χ4v) is 6.59. The van der Waals surface area contributed by atoms with Gasteiger partial charge in [0.1, 0.15) is 21.5 Å². The summed E-state index contributed by atoms with van der Waals surface area (Å²) in [5.41, 5.74) is 0.792. The molecule has 0 fully saturated rings.